The number of halogens is 4. The molecule has 100 valence electrons. The second-order valence-electron chi connectivity index (χ2n) is 4.01. The van der Waals surface area contributed by atoms with E-state index in [4.69, 9.17) is 11.6 Å². The summed E-state index contributed by atoms with van der Waals surface area (Å²) in [7, 11) is 1.65. The van der Waals surface area contributed by atoms with E-state index in [9.17, 15) is 8.78 Å². The van der Waals surface area contributed by atoms with Crippen molar-refractivity contribution in [3.8, 4) is 0 Å². The monoisotopic (exact) mass is 345 g/mol. The molecule has 2 aromatic carbocycles. The molecule has 0 amide bonds. The minimum absolute atomic E-state index is 0.00547. The molecule has 0 saturated carbocycles. The number of rotatable bonds is 3. The maximum Gasteiger partial charge on any atom is 0.148 e. The van der Waals surface area contributed by atoms with Gasteiger partial charge < -0.3 is 5.32 Å². The Balaban J connectivity index is 2.55. The van der Waals surface area contributed by atoms with Gasteiger partial charge in [-0.15, -0.1) is 0 Å². The van der Waals surface area contributed by atoms with Crippen LogP contribution in [0.1, 0.15) is 17.2 Å². The first-order valence-electron chi connectivity index (χ1n) is 5.61. The Morgan fingerprint density at radius 3 is 2.42 bits per heavy atom. The van der Waals surface area contributed by atoms with Gasteiger partial charge in [0, 0.05) is 15.6 Å². The molecule has 1 unspecified atom stereocenters. The van der Waals surface area contributed by atoms with Gasteiger partial charge in [0.2, 0.25) is 0 Å². The molecule has 2 aromatic rings. The lowest BCUT2D eigenvalue weighted by atomic mass is 9.98. The van der Waals surface area contributed by atoms with Crippen molar-refractivity contribution in [1.82, 2.24) is 5.32 Å². The molecule has 0 fully saturated rings. The average Bonchev–Trinajstić information content (AvgIpc) is 2.41. The van der Waals surface area contributed by atoms with E-state index >= 15 is 0 Å². The van der Waals surface area contributed by atoms with Crippen LogP contribution in [0.2, 0.25) is 5.02 Å². The molecule has 0 aliphatic rings. The van der Waals surface area contributed by atoms with E-state index < -0.39 is 11.9 Å². The summed E-state index contributed by atoms with van der Waals surface area (Å²) >= 11 is 9.02. The summed E-state index contributed by atoms with van der Waals surface area (Å²) in [5, 5.41) is 2.90. The summed E-state index contributed by atoms with van der Waals surface area (Å²) in [6.45, 7) is 0. The van der Waals surface area contributed by atoms with Gasteiger partial charge in [-0.25, -0.2) is 8.78 Å². The van der Waals surface area contributed by atoms with Gasteiger partial charge in [0.05, 0.1) is 11.1 Å². The fourth-order valence-corrected chi connectivity index (χ4v) is 2.43. The molecule has 0 aliphatic carbocycles. The van der Waals surface area contributed by atoms with Crippen LogP contribution < -0.4 is 5.32 Å². The second-order valence-corrected chi connectivity index (χ2v) is 5.24. The molecule has 2 rings (SSSR count). The molecular formula is C14H11BrClF2N. The zero-order chi connectivity index (χ0) is 14.0. The van der Waals surface area contributed by atoms with Crippen molar-refractivity contribution < 1.29 is 8.78 Å². The standard InChI is InChI=1S/C14H11BrClF2N/c1-19-14(8-4-2-3-5-11(8)17)9-6-7-10(15)12(16)13(9)18/h2-7,14,19H,1H3. The van der Waals surface area contributed by atoms with E-state index in [2.05, 4.69) is 21.2 Å². The zero-order valence-electron chi connectivity index (χ0n) is 10.1. The number of hydrogen-bond donors (Lipinski definition) is 1. The molecule has 1 nitrogen and oxygen atoms in total. The average molecular weight is 347 g/mol. The highest BCUT2D eigenvalue weighted by Gasteiger charge is 2.21. The Bertz CT molecular complexity index is 604. The van der Waals surface area contributed by atoms with Crippen LogP contribution in [0.15, 0.2) is 40.9 Å². The quantitative estimate of drug-likeness (QED) is 0.795. The van der Waals surface area contributed by atoms with E-state index in [1.54, 1.807) is 37.4 Å². The summed E-state index contributed by atoms with van der Waals surface area (Å²) in [4.78, 5) is 0. The fourth-order valence-electron chi connectivity index (χ4n) is 1.95. The van der Waals surface area contributed by atoms with Gasteiger partial charge in [0.25, 0.3) is 0 Å². The van der Waals surface area contributed by atoms with Gasteiger partial charge in [-0.05, 0) is 35.1 Å². The highest BCUT2D eigenvalue weighted by Crippen LogP contribution is 2.33. The molecule has 0 aliphatic heterocycles. The highest BCUT2D eigenvalue weighted by atomic mass is 79.9. The molecule has 19 heavy (non-hydrogen) atoms. The van der Waals surface area contributed by atoms with Crippen LogP contribution in [0.3, 0.4) is 0 Å². The third-order valence-electron chi connectivity index (χ3n) is 2.88. The summed E-state index contributed by atoms with van der Waals surface area (Å²) in [6.07, 6.45) is 0. The van der Waals surface area contributed by atoms with E-state index in [1.165, 1.54) is 6.07 Å². The van der Waals surface area contributed by atoms with E-state index in [0.29, 0.717) is 15.6 Å². The first-order valence-corrected chi connectivity index (χ1v) is 6.78. The Morgan fingerprint density at radius 1 is 1.11 bits per heavy atom. The van der Waals surface area contributed by atoms with Crippen LogP contribution in [-0.2, 0) is 0 Å². The molecule has 5 heteroatoms. The molecule has 0 aromatic heterocycles. The van der Waals surface area contributed by atoms with Crippen molar-refractivity contribution in [2.24, 2.45) is 0 Å². The normalized spacial score (nSPS) is 12.5. The first-order chi connectivity index (χ1) is 9.06. The first kappa shape index (κ1) is 14.4. The van der Waals surface area contributed by atoms with Crippen molar-refractivity contribution >= 4 is 27.5 Å². The van der Waals surface area contributed by atoms with Crippen LogP contribution in [0, 0.1) is 11.6 Å². The highest BCUT2D eigenvalue weighted by molar-refractivity contribution is 9.10. The third kappa shape index (κ3) is 2.81. The second kappa shape index (κ2) is 5.99. The molecule has 0 saturated heterocycles. The summed E-state index contributed by atoms with van der Waals surface area (Å²) in [6, 6.07) is 8.90. The Labute approximate surface area is 123 Å². The van der Waals surface area contributed by atoms with Gasteiger partial charge in [-0.3, -0.25) is 0 Å². The smallest absolute Gasteiger partial charge is 0.148 e. The van der Waals surface area contributed by atoms with Gasteiger partial charge in [0.1, 0.15) is 11.6 Å². The van der Waals surface area contributed by atoms with Gasteiger partial charge in [-0.1, -0.05) is 35.9 Å². The molecular weight excluding hydrogens is 336 g/mol. The zero-order valence-corrected chi connectivity index (χ0v) is 12.4. The molecule has 0 spiro atoms. The van der Waals surface area contributed by atoms with E-state index in [1.807, 2.05) is 0 Å². The lowest BCUT2D eigenvalue weighted by molar-refractivity contribution is 0.547. The predicted octanol–water partition coefficient (Wildman–Crippen LogP) is 4.69. The maximum absolute atomic E-state index is 14.2. The maximum atomic E-state index is 14.2. The van der Waals surface area contributed by atoms with E-state index in [-0.39, 0.29) is 10.8 Å². The van der Waals surface area contributed by atoms with Gasteiger partial charge in [-0.2, -0.15) is 0 Å². The van der Waals surface area contributed by atoms with Crippen LogP contribution in [0.5, 0.6) is 0 Å². The van der Waals surface area contributed by atoms with Crippen LogP contribution in [-0.4, -0.2) is 7.05 Å². The predicted molar refractivity (Wildman–Crippen MR) is 76.4 cm³/mol. The molecule has 0 bridgehead atoms. The number of nitrogens with one attached hydrogen (secondary N) is 1. The van der Waals surface area contributed by atoms with Crippen LogP contribution in [0.25, 0.3) is 0 Å². The number of hydrogen-bond acceptors (Lipinski definition) is 1. The molecule has 1 N–H and O–H groups in total. The SMILES string of the molecule is CNC(c1ccccc1F)c1ccc(Br)c(Cl)c1F. The summed E-state index contributed by atoms with van der Waals surface area (Å²) in [5.41, 5.74) is 0.683. The summed E-state index contributed by atoms with van der Waals surface area (Å²) < 4.78 is 28.5. The minimum Gasteiger partial charge on any atom is -0.309 e. The van der Waals surface area contributed by atoms with Crippen molar-refractivity contribution in [1.29, 1.82) is 0 Å². The lowest BCUT2D eigenvalue weighted by Crippen LogP contribution is -2.20. The molecule has 0 radical (unpaired) electrons. The van der Waals surface area contributed by atoms with Crippen LogP contribution >= 0.6 is 27.5 Å². The summed E-state index contributed by atoms with van der Waals surface area (Å²) in [5.74, 6) is -0.945. The fraction of sp³-hybridized carbons (Fsp3) is 0.143. The Morgan fingerprint density at radius 2 is 1.79 bits per heavy atom. The number of benzene rings is 2. The molecule has 1 atom stereocenters. The van der Waals surface area contributed by atoms with Crippen molar-refractivity contribution in [3.05, 3.63) is 68.7 Å². The van der Waals surface area contributed by atoms with Crippen molar-refractivity contribution in [2.75, 3.05) is 7.05 Å². The minimum atomic E-state index is -0.591. The van der Waals surface area contributed by atoms with Crippen LogP contribution in [0.4, 0.5) is 8.78 Å². The Kier molecular flexibility index (Phi) is 4.55. The largest absolute Gasteiger partial charge is 0.309 e. The lowest BCUT2D eigenvalue weighted by Gasteiger charge is -2.19. The topological polar surface area (TPSA) is 12.0 Å². The van der Waals surface area contributed by atoms with Gasteiger partial charge >= 0.3 is 0 Å². The Hall–Kier alpha value is -0.970. The third-order valence-corrected chi connectivity index (χ3v) is 4.14. The van der Waals surface area contributed by atoms with Gasteiger partial charge in [0.15, 0.2) is 0 Å². The van der Waals surface area contributed by atoms with Crippen molar-refractivity contribution in [3.63, 3.8) is 0 Å². The molecule has 0 heterocycles. The van der Waals surface area contributed by atoms with E-state index in [0.717, 1.165) is 0 Å². The van der Waals surface area contributed by atoms with Crippen molar-refractivity contribution in [2.45, 2.75) is 6.04 Å².